The standard InChI is InChI=1S/C18H15N5O5/c24-16(13-6-8-14(9-7-13)23(26)27)19-10-11-20-17(25)18-21-15(22-28-18)12-4-2-1-3-5-12/h1-9H,10-11H2,(H,19,24)(H,20,25). The number of aromatic nitrogens is 2. The first-order valence-electron chi connectivity index (χ1n) is 8.24. The molecule has 0 radical (unpaired) electrons. The first-order valence-corrected chi connectivity index (χ1v) is 8.24. The molecule has 0 saturated heterocycles. The predicted octanol–water partition coefficient (Wildman–Crippen LogP) is 1.80. The molecule has 2 N–H and O–H groups in total. The summed E-state index contributed by atoms with van der Waals surface area (Å²) in [4.78, 5) is 38.1. The summed E-state index contributed by atoms with van der Waals surface area (Å²) in [5.41, 5.74) is 0.903. The average molecular weight is 381 g/mol. The van der Waals surface area contributed by atoms with Crippen LogP contribution in [0.25, 0.3) is 11.4 Å². The summed E-state index contributed by atoms with van der Waals surface area (Å²) >= 11 is 0. The molecule has 3 aromatic rings. The van der Waals surface area contributed by atoms with Crippen molar-refractivity contribution in [2.45, 2.75) is 0 Å². The molecule has 2 amide bonds. The maximum absolute atomic E-state index is 12.0. The Balaban J connectivity index is 1.46. The van der Waals surface area contributed by atoms with Crippen LogP contribution in [0.3, 0.4) is 0 Å². The summed E-state index contributed by atoms with van der Waals surface area (Å²) < 4.78 is 4.94. The maximum Gasteiger partial charge on any atom is 0.316 e. The minimum absolute atomic E-state index is 0.0988. The molecular weight excluding hydrogens is 366 g/mol. The van der Waals surface area contributed by atoms with Gasteiger partial charge in [0, 0.05) is 36.3 Å². The van der Waals surface area contributed by atoms with Crippen LogP contribution in [-0.4, -0.2) is 40.0 Å². The van der Waals surface area contributed by atoms with Gasteiger partial charge in [0.1, 0.15) is 0 Å². The Bertz CT molecular complexity index is 985. The van der Waals surface area contributed by atoms with Gasteiger partial charge in [0.25, 0.3) is 11.6 Å². The van der Waals surface area contributed by atoms with Crippen molar-refractivity contribution < 1.29 is 19.0 Å². The van der Waals surface area contributed by atoms with Crippen molar-refractivity contribution in [1.82, 2.24) is 20.8 Å². The van der Waals surface area contributed by atoms with E-state index in [1.54, 1.807) is 12.1 Å². The summed E-state index contributed by atoms with van der Waals surface area (Å²) in [6.07, 6.45) is 0. The molecule has 10 nitrogen and oxygen atoms in total. The molecule has 142 valence electrons. The van der Waals surface area contributed by atoms with E-state index < -0.39 is 16.7 Å². The van der Waals surface area contributed by atoms with Crippen LogP contribution in [0.15, 0.2) is 59.1 Å². The van der Waals surface area contributed by atoms with Crippen molar-refractivity contribution in [2.24, 2.45) is 0 Å². The zero-order valence-electron chi connectivity index (χ0n) is 14.5. The molecule has 2 aromatic carbocycles. The van der Waals surface area contributed by atoms with Gasteiger partial charge < -0.3 is 15.2 Å². The van der Waals surface area contributed by atoms with Crippen molar-refractivity contribution >= 4 is 17.5 Å². The summed E-state index contributed by atoms with van der Waals surface area (Å²) in [7, 11) is 0. The summed E-state index contributed by atoms with van der Waals surface area (Å²) in [5.74, 6) is -0.842. The van der Waals surface area contributed by atoms with E-state index in [4.69, 9.17) is 4.52 Å². The van der Waals surface area contributed by atoms with Crippen molar-refractivity contribution in [3.05, 3.63) is 76.2 Å². The van der Waals surface area contributed by atoms with Gasteiger partial charge in [-0.05, 0) is 12.1 Å². The van der Waals surface area contributed by atoms with Crippen molar-refractivity contribution in [3.8, 4) is 11.4 Å². The lowest BCUT2D eigenvalue weighted by Crippen LogP contribution is -2.34. The van der Waals surface area contributed by atoms with Gasteiger partial charge in [-0.15, -0.1) is 0 Å². The predicted molar refractivity (Wildman–Crippen MR) is 97.5 cm³/mol. The molecular formula is C18H15N5O5. The number of carbonyl (C=O) groups is 2. The van der Waals surface area contributed by atoms with E-state index in [-0.39, 0.29) is 30.2 Å². The Labute approximate surface area is 158 Å². The number of carbonyl (C=O) groups excluding carboxylic acids is 2. The topological polar surface area (TPSA) is 140 Å². The number of benzene rings is 2. The zero-order chi connectivity index (χ0) is 19.9. The maximum atomic E-state index is 12.0. The lowest BCUT2D eigenvalue weighted by Gasteiger charge is -2.05. The largest absolute Gasteiger partial charge is 0.350 e. The van der Waals surface area contributed by atoms with Gasteiger partial charge in [-0.3, -0.25) is 19.7 Å². The molecule has 0 atom stereocenters. The minimum Gasteiger partial charge on any atom is -0.350 e. The second kappa shape index (κ2) is 8.54. The van der Waals surface area contributed by atoms with Gasteiger partial charge in [0.2, 0.25) is 5.82 Å². The fraction of sp³-hybridized carbons (Fsp3) is 0.111. The minimum atomic E-state index is -0.556. The molecule has 0 bridgehead atoms. The second-order valence-corrected chi connectivity index (χ2v) is 5.60. The van der Waals surface area contributed by atoms with E-state index in [0.29, 0.717) is 5.82 Å². The number of rotatable bonds is 7. The number of nitrogens with zero attached hydrogens (tertiary/aromatic N) is 3. The summed E-state index contributed by atoms with van der Waals surface area (Å²) in [6.45, 7) is 0.293. The number of hydrogen-bond acceptors (Lipinski definition) is 7. The van der Waals surface area contributed by atoms with Crippen LogP contribution in [0.1, 0.15) is 21.0 Å². The molecule has 1 aromatic heterocycles. The highest BCUT2D eigenvalue weighted by atomic mass is 16.6. The second-order valence-electron chi connectivity index (χ2n) is 5.60. The molecule has 0 aliphatic heterocycles. The highest BCUT2D eigenvalue weighted by Gasteiger charge is 2.15. The first kappa shape index (κ1) is 18.7. The summed E-state index contributed by atoms with van der Waals surface area (Å²) in [5, 5.41) is 19.5. The first-order chi connectivity index (χ1) is 13.5. The average Bonchev–Trinajstić information content (AvgIpc) is 3.22. The Hall–Kier alpha value is -4.08. The number of nitro groups is 1. The van der Waals surface area contributed by atoms with E-state index >= 15 is 0 Å². The number of hydrogen-bond donors (Lipinski definition) is 2. The Morgan fingerprint density at radius 2 is 1.61 bits per heavy atom. The normalized spacial score (nSPS) is 10.3. The van der Waals surface area contributed by atoms with Crippen LogP contribution in [0, 0.1) is 10.1 Å². The fourth-order valence-corrected chi connectivity index (χ4v) is 2.28. The number of nitrogens with one attached hydrogen (secondary N) is 2. The van der Waals surface area contributed by atoms with Gasteiger partial charge in [0.05, 0.1) is 4.92 Å². The van der Waals surface area contributed by atoms with Crippen LogP contribution < -0.4 is 10.6 Å². The fourth-order valence-electron chi connectivity index (χ4n) is 2.28. The SMILES string of the molecule is O=C(NCCNC(=O)c1nc(-c2ccccc2)no1)c1ccc([N+](=O)[O-])cc1. The van der Waals surface area contributed by atoms with Gasteiger partial charge in [0.15, 0.2) is 0 Å². The molecule has 0 unspecified atom stereocenters. The van der Waals surface area contributed by atoms with Gasteiger partial charge in [-0.1, -0.05) is 35.5 Å². The van der Waals surface area contributed by atoms with Crippen molar-refractivity contribution in [3.63, 3.8) is 0 Å². The molecule has 0 spiro atoms. The highest BCUT2D eigenvalue weighted by Crippen LogP contribution is 2.14. The van der Waals surface area contributed by atoms with Crippen LogP contribution in [0.2, 0.25) is 0 Å². The Kier molecular flexibility index (Phi) is 5.70. The quantitative estimate of drug-likeness (QED) is 0.361. The van der Waals surface area contributed by atoms with Gasteiger partial charge in [-0.2, -0.15) is 4.98 Å². The number of amides is 2. The third kappa shape index (κ3) is 4.55. The third-order valence-corrected chi connectivity index (χ3v) is 3.69. The number of non-ortho nitro benzene ring substituents is 1. The van der Waals surface area contributed by atoms with E-state index in [0.717, 1.165) is 5.56 Å². The molecule has 28 heavy (non-hydrogen) atoms. The Morgan fingerprint density at radius 3 is 2.25 bits per heavy atom. The Morgan fingerprint density at radius 1 is 0.964 bits per heavy atom. The molecule has 3 rings (SSSR count). The monoisotopic (exact) mass is 381 g/mol. The lowest BCUT2D eigenvalue weighted by molar-refractivity contribution is -0.384. The van der Waals surface area contributed by atoms with Crippen molar-refractivity contribution in [1.29, 1.82) is 0 Å². The smallest absolute Gasteiger partial charge is 0.316 e. The summed E-state index contributed by atoms with van der Waals surface area (Å²) in [6, 6.07) is 14.3. The molecule has 0 aliphatic carbocycles. The van der Waals surface area contributed by atoms with Crippen LogP contribution in [0.5, 0.6) is 0 Å². The van der Waals surface area contributed by atoms with Crippen LogP contribution in [0.4, 0.5) is 5.69 Å². The highest BCUT2D eigenvalue weighted by molar-refractivity contribution is 5.94. The van der Waals surface area contributed by atoms with E-state index in [1.165, 1.54) is 24.3 Å². The van der Waals surface area contributed by atoms with E-state index in [9.17, 15) is 19.7 Å². The molecule has 0 aliphatic rings. The third-order valence-electron chi connectivity index (χ3n) is 3.69. The van der Waals surface area contributed by atoms with Crippen molar-refractivity contribution in [2.75, 3.05) is 13.1 Å². The lowest BCUT2D eigenvalue weighted by atomic mass is 10.2. The van der Waals surface area contributed by atoms with Gasteiger partial charge >= 0.3 is 11.8 Å². The van der Waals surface area contributed by atoms with E-state index in [2.05, 4.69) is 20.8 Å². The van der Waals surface area contributed by atoms with E-state index in [1.807, 2.05) is 18.2 Å². The van der Waals surface area contributed by atoms with Gasteiger partial charge in [-0.25, -0.2) is 0 Å². The zero-order valence-corrected chi connectivity index (χ0v) is 14.5. The van der Waals surface area contributed by atoms with Crippen LogP contribution >= 0.6 is 0 Å². The molecule has 10 heteroatoms. The molecule has 1 heterocycles. The molecule has 0 saturated carbocycles. The van der Waals surface area contributed by atoms with Crippen LogP contribution in [-0.2, 0) is 0 Å². The molecule has 0 fully saturated rings. The number of nitro benzene ring substituents is 1.